The van der Waals surface area contributed by atoms with Crippen molar-refractivity contribution in [1.82, 2.24) is 14.9 Å². The van der Waals surface area contributed by atoms with Crippen molar-refractivity contribution in [2.24, 2.45) is 5.73 Å². The van der Waals surface area contributed by atoms with Gasteiger partial charge in [-0.1, -0.05) is 4.49 Å². The fraction of sp³-hybridized carbons (Fsp3) is 0.700. The van der Waals surface area contributed by atoms with Gasteiger partial charge in [-0.25, -0.2) is 4.79 Å². The molecule has 0 radical (unpaired) electrons. The number of alkyl carbamates (subject to hydrolysis) is 1. The van der Waals surface area contributed by atoms with Crippen LogP contribution in [0.3, 0.4) is 0 Å². The van der Waals surface area contributed by atoms with Crippen molar-refractivity contribution < 1.29 is 9.53 Å². The normalized spacial score (nSPS) is 13.2. The van der Waals surface area contributed by atoms with Crippen molar-refractivity contribution in [3.8, 4) is 0 Å². The third kappa shape index (κ3) is 6.18. The van der Waals surface area contributed by atoms with Crippen LogP contribution in [0.2, 0.25) is 0 Å². The summed E-state index contributed by atoms with van der Waals surface area (Å²) in [6, 6.07) is -0.189. The molecule has 96 valence electrons. The molecule has 1 aromatic heterocycles. The van der Waals surface area contributed by atoms with Gasteiger partial charge in [-0.3, -0.25) is 0 Å². The van der Waals surface area contributed by atoms with Gasteiger partial charge in [0.2, 0.25) is 0 Å². The Bertz CT molecular complexity index is 348. The van der Waals surface area contributed by atoms with Gasteiger partial charge in [0.25, 0.3) is 0 Å². The number of carbonyl (C=O) groups excluding carboxylic acids is 1. The zero-order valence-electron chi connectivity index (χ0n) is 10.3. The molecule has 1 rings (SSSR count). The van der Waals surface area contributed by atoms with Gasteiger partial charge in [-0.2, -0.15) is 0 Å². The molecule has 1 amide bonds. The molecule has 7 heteroatoms. The first-order valence-electron chi connectivity index (χ1n) is 5.35. The number of carbonyl (C=O) groups is 1. The van der Waals surface area contributed by atoms with Crippen LogP contribution >= 0.6 is 11.5 Å². The molecule has 1 heterocycles. The van der Waals surface area contributed by atoms with Crippen molar-refractivity contribution in [1.29, 1.82) is 0 Å². The van der Waals surface area contributed by atoms with E-state index < -0.39 is 11.7 Å². The third-order valence-corrected chi connectivity index (χ3v) is 2.34. The molecule has 0 aliphatic carbocycles. The van der Waals surface area contributed by atoms with Gasteiger partial charge in [-0.05, 0) is 32.3 Å². The highest BCUT2D eigenvalue weighted by Crippen LogP contribution is 2.06. The zero-order valence-corrected chi connectivity index (χ0v) is 11.1. The van der Waals surface area contributed by atoms with Crippen LogP contribution in [0.15, 0.2) is 5.38 Å². The van der Waals surface area contributed by atoms with E-state index in [4.69, 9.17) is 10.5 Å². The van der Waals surface area contributed by atoms with E-state index in [-0.39, 0.29) is 6.04 Å². The van der Waals surface area contributed by atoms with Gasteiger partial charge < -0.3 is 15.8 Å². The average molecular weight is 258 g/mol. The summed E-state index contributed by atoms with van der Waals surface area (Å²) in [4.78, 5) is 11.4. The monoisotopic (exact) mass is 258 g/mol. The van der Waals surface area contributed by atoms with E-state index >= 15 is 0 Å². The Kier molecular flexibility index (Phi) is 4.83. The van der Waals surface area contributed by atoms with E-state index in [0.29, 0.717) is 13.0 Å². The number of hydrogen-bond acceptors (Lipinski definition) is 6. The van der Waals surface area contributed by atoms with Crippen LogP contribution in [-0.4, -0.2) is 33.9 Å². The summed E-state index contributed by atoms with van der Waals surface area (Å²) in [6.07, 6.45) is 0.135. The van der Waals surface area contributed by atoms with Crippen LogP contribution < -0.4 is 11.1 Å². The average Bonchev–Trinajstić information content (AvgIpc) is 2.64. The fourth-order valence-electron chi connectivity index (χ4n) is 1.14. The van der Waals surface area contributed by atoms with Crippen molar-refractivity contribution in [3.63, 3.8) is 0 Å². The maximum absolute atomic E-state index is 11.4. The predicted molar refractivity (Wildman–Crippen MR) is 65.8 cm³/mol. The molecule has 1 atom stereocenters. The number of nitrogens with one attached hydrogen (secondary N) is 1. The fourth-order valence-corrected chi connectivity index (χ4v) is 1.61. The molecular weight excluding hydrogens is 240 g/mol. The van der Waals surface area contributed by atoms with E-state index in [1.54, 1.807) is 0 Å². The lowest BCUT2D eigenvalue weighted by atomic mass is 10.2. The minimum Gasteiger partial charge on any atom is -0.444 e. The van der Waals surface area contributed by atoms with Gasteiger partial charge in [0.1, 0.15) is 5.60 Å². The largest absolute Gasteiger partial charge is 0.444 e. The third-order valence-electron chi connectivity index (χ3n) is 1.78. The molecule has 0 spiro atoms. The maximum atomic E-state index is 11.4. The Morgan fingerprint density at radius 3 is 2.88 bits per heavy atom. The van der Waals surface area contributed by atoms with Gasteiger partial charge >= 0.3 is 6.09 Å². The van der Waals surface area contributed by atoms with E-state index in [1.165, 1.54) is 11.5 Å². The first-order valence-corrected chi connectivity index (χ1v) is 6.19. The molecule has 0 bridgehead atoms. The van der Waals surface area contributed by atoms with Crippen molar-refractivity contribution in [2.45, 2.75) is 38.8 Å². The second-order valence-corrected chi connectivity index (χ2v) is 5.35. The van der Waals surface area contributed by atoms with Gasteiger partial charge in [-0.15, -0.1) is 5.10 Å². The standard InChI is InChI=1S/C10H18N4O2S/c1-10(2,3)16-9(15)12-5-7(11)4-8-6-17-14-13-8/h6-7H,4-5,11H2,1-3H3,(H,12,15). The summed E-state index contributed by atoms with van der Waals surface area (Å²) in [6.45, 7) is 5.79. The molecule has 0 saturated carbocycles. The first-order chi connectivity index (χ1) is 7.87. The number of hydrogen-bond donors (Lipinski definition) is 2. The van der Waals surface area contributed by atoms with Gasteiger partial charge in [0.05, 0.1) is 5.69 Å². The summed E-state index contributed by atoms with van der Waals surface area (Å²) in [7, 11) is 0. The minimum absolute atomic E-state index is 0.189. The molecule has 1 unspecified atom stereocenters. The summed E-state index contributed by atoms with van der Waals surface area (Å²) in [5.74, 6) is 0. The lowest BCUT2D eigenvalue weighted by molar-refractivity contribution is 0.0524. The molecular formula is C10H18N4O2S. The number of amides is 1. The number of ether oxygens (including phenoxy) is 1. The summed E-state index contributed by atoms with van der Waals surface area (Å²) in [5, 5.41) is 8.35. The predicted octanol–water partition coefficient (Wildman–Crippen LogP) is 0.933. The van der Waals surface area contributed by atoms with E-state index in [0.717, 1.165) is 5.69 Å². The lowest BCUT2D eigenvalue weighted by Crippen LogP contribution is -2.41. The van der Waals surface area contributed by atoms with E-state index in [2.05, 4.69) is 14.9 Å². The molecule has 1 aromatic rings. The Morgan fingerprint density at radius 2 is 2.35 bits per heavy atom. The van der Waals surface area contributed by atoms with Crippen LogP contribution in [0, 0.1) is 0 Å². The Morgan fingerprint density at radius 1 is 1.65 bits per heavy atom. The van der Waals surface area contributed by atoms with Crippen LogP contribution in [0.25, 0.3) is 0 Å². The molecule has 6 nitrogen and oxygen atoms in total. The SMILES string of the molecule is CC(C)(C)OC(=O)NCC(N)Cc1csnn1. The summed E-state index contributed by atoms with van der Waals surface area (Å²) >= 11 is 1.29. The van der Waals surface area contributed by atoms with Gasteiger partial charge in [0, 0.05) is 24.4 Å². The van der Waals surface area contributed by atoms with E-state index in [1.807, 2.05) is 26.2 Å². The van der Waals surface area contributed by atoms with Crippen molar-refractivity contribution in [2.75, 3.05) is 6.54 Å². The highest BCUT2D eigenvalue weighted by atomic mass is 32.1. The number of nitrogens with two attached hydrogens (primary N) is 1. The molecule has 0 saturated heterocycles. The Hall–Kier alpha value is -1.21. The lowest BCUT2D eigenvalue weighted by Gasteiger charge is -2.20. The Labute approximate surface area is 105 Å². The van der Waals surface area contributed by atoms with Crippen LogP contribution in [0.1, 0.15) is 26.5 Å². The van der Waals surface area contributed by atoms with Gasteiger partial charge in [0.15, 0.2) is 0 Å². The maximum Gasteiger partial charge on any atom is 0.407 e. The molecule has 17 heavy (non-hydrogen) atoms. The van der Waals surface area contributed by atoms with Crippen LogP contribution in [0.5, 0.6) is 0 Å². The zero-order chi connectivity index (χ0) is 12.9. The molecule has 3 N–H and O–H groups in total. The summed E-state index contributed by atoms with van der Waals surface area (Å²) in [5.41, 5.74) is 6.19. The minimum atomic E-state index is -0.493. The quantitative estimate of drug-likeness (QED) is 0.838. The highest BCUT2D eigenvalue weighted by molar-refractivity contribution is 7.03. The number of nitrogens with zero attached hydrogens (tertiary/aromatic N) is 2. The molecule has 0 fully saturated rings. The second kappa shape index (κ2) is 5.92. The van der Waals surface area contributed by atoms with Crippen molar-refractivity contribution in [3.05, 3.63) is 11.1 Å². The molecule has 0 aliphatic rings. The van der Waals surface area contributed by atoms with Crippen LogP contribution in [0.4, 0.5) is 4.79 Å². The van der Waals surface area contributed by atoms with Crippen LogP contribution in [-0.2, 0) is 11.2 Å². The van der Waals surface area contributed by atoms with Crippen molar-refractivity contribution >= 4 is 17.6 Å². The van der Waals surface area contributed by atoms with E-state index in [9.17, 15) is 4.79 Å². The first kappa shape index (κ1) is 13.9. The molecule has 0 aliphatic heterocycles. The summed E-state index contributed by atoms with van der Waals surface area (Å²) < 4.78 is 8.83. The smallest absolute Gasteiger partial charge is 0.407 e. The molecule has 0 aromatic carbocycles. The number of aromatic nitrogens is 2. The number of rotatable bonds is 4. The highest BCUT2D eigenvalue weighted by Gasteiger charge is 2.16. The topological polar surface area (TPSA) is 90.1 Å². The second-order valence-electron chi connectivity index (χ2n) is 4.74. The Balaban J connectivity index is 2.24.